The normalized spacial score (nSPS) is 15.2. The number of anilines is 1. The van der Waals surface area contributed by atoms with E-state index in [1.807, 2.05) is 4.90 Å². The molecule has 0 saturated carbocycles. The number of hydrogen-bond acceptors (Lipinski definition) is 2. The van der Waals surface area contributed by atoms with Crippen molar-refractivity contribution in [1.29, 1.82) is 0 Å². The van der Waals surface area contributed by atoms with Crippen LogP contribution in [0.5, 0.6) is 0 Å². The van der Waals surface area contributed by atoms with Gasteiger partial charge in [0.25, 0.3) is 0 Å². The number of rotatable bonds is 4. The number of benzene rings is 1. The van der Waals surface area contributed by atoms with E-state index in [1.165, 1.54) is 11.3 Å². The van der Waals surface area contributed by atoms with Crippen molar-refractivity contribution in [2.24, 2.45) is 0 Å². The van der Waals surface area contributed by atoms with E-state index in [2.05, 4.69) is 54.9 Å². The quantitative estimate of drug-likeness (QED) is 0.864. The highest BCUT2D eigenvalue weighted by molar-refractivity contribution is 5.74. The molecule has 1 N–H and O–H groups in total. The number of urea groups is 1. The lowest BCUT2D eigenvalue weighted by Gasteiger charge is -2.36. The molecular formula is C17H25N3O. The van der Waals surface area contributed by atoms with E-state index in [0.29, 0.717) is 12.5 Å². The first-order valence-electron chi connectivity index (χ1n) is 7.60. The number of nitrogens with one attached hydrogen (secondary N) is 1. The molecule has 0 aliphatic carbocycles. The number of piperazine rings is 1. The lowest BCUT2D eigenvalue weighted by Crippen LogP contribution is -2.51. The van der Waals surface area contributed by atoms with Crippen LogP contribution < -0.4 is 10.2 Å². The molecule has 0 spiro atoms. The van der Waals surface area contributed by atoms with Gasteiger partial charge in [-0.25, -0.2) is 4.79 Å². The van der Waals surface area contributed by atoms with Crippen LogP contribution in [0, 0.1) is 0 Å². The Morgan fingerprint density at radius 2 is 1.86 bits per heavy atom. The van der Waals surface area contributed by atoms with Crippen molar-refractivity contribution < 1.29 is 4.79 Å². The summed E-state index contributed by atoms with van der Waals surface area (Å²) in [5.74, 6) is 0.560. The molecule has 1 aliphatic rings. The van der Waals surface area contributed by atoms with E-state index in [1.54, 1.807) is 6.08 Å². The maximum Gasteiger partial charge on any atom is 0.317 e. The summed E-state index contributed by atoms with van der Waals surface area (Å²) in [4.78, 5) is 16.1. The van der Waals surface area contributed by atoms with E-state index < -0.39 is 0 Å². The van der Waals surface area contributed by atoms with Crippen molar-refractivity contribution in [3.8, 4) is 0 Å². The van der Waals surface area contributed by atoms with Crippen LogP contribution in [0.4, 0.5) is 10.5 Å². The van der Waals surface area contributed by atoms with Crippen LogP contribution in [-0.4, -0.2) is 43.7 Å². The molecule has 21 heavy (non-hydrogen) atoms. The summed E-state index contributed by atoms with van der Waals surface area (Å²) < 4.78 is 0. The van der Waals surface area contributed by atoms with Gasteiger partial charge in [-0.15, -0.1) is 6.58 Å². The molecule has 0 unspecified atom stereocenters. The predicted molar refractivity (Wildman–Crippen MR) is 87.9 cm³/mol. The van der Waals surface area contributed by atoms with E-state index in [0.717, 1.165) is 26.2 Å². The first-order valence-corrected chi connectivity index (χ1v) is 7.60. The molecule has 2 rings (SSSR count). The Labute approximate surface area is 127 Å². The fraction of sp³-hybridized carbons (Fsp3) is 0.471. The highest BCUT2D eigenvalue weighted by Crippen LogP contribution is 2.21. The molecule has 1 heterocycles. The topological polar surface area (TPSA) is 35.6 Å². The summed E-state index contributed by atoms with van der Waals surface area (Å²) in [7, 11) is 0. The lowest BCUT2D eigenvalue weighted by atomic mass is 10.0. The Bertz CT molecular complexity index is 473. The van der Waals surface area contributed by atoms with E-state index in [9.17, 15) is 4.79 Å². The largest absolute Gasteiger partial charge is 0.368 e. The van der Waals surface area contributed by atoms with Crippen LogP contribution in [0.3, 0.4) is 0 Å². The lowest BCUT2D eigenvalue weighted by molar-refractivity contribution is 0.195. The Hall–Kier alpha value is -1.97. The second kappa shape index (κ2) is 7.16. The first-order chi connectivity index (χ1) is 10.1. The minimum atomic E-state index is 0.00436. The standard InChI is InChI=1S/C17H25N3O/c1-4-9-18-17(21)20-12-10-19(11-13-20)16-7-5-15(6-8-16)14(2)3/h4-8,14H,1,9-13H2,2-3H3,(H,18,21). The van der Waals surface area contributed by atoms with Crippen LogP contribution in [-0.2, 0) is 0 Å². The highest BCUT2D eigenvalue weighted by atomic mass is 16.2. The molecule has 1 saturated heterocycles. The average molecular weight is 287 g/mol. The molecule has 4 heteroatoms. The zero-order valence-electron chi connectivity index (χ0n) is 13.0. The summed E-state index contributed by atoms with van der Waals surface area (Å²) in [5, 5.41) is 2.83. The molecule has 1 aromatic carbocycles. The maximum atomic E-state index is 11.9. The Morgan fingerprint density at radius 1 is 1.24 bits per heavy atom. The predicted octanol–water partition coefficient (Wildman–Crippen LogP) is 2.83. The fourth-order valence-corrected chi connectivity index (χ4v) is 2.51. The van der Waals surface area contributed by atoms with Gasteiger partial charge < -0.3 is 15.1 Å². The molecular weight excluding hydrogens is 262 g/mol. The van der Waals surface area contributed by atoms with Crippen molar-refractivity contribution in [2.45, 2.75) is 19.8 Å². The summed E-state index contributed by atoms with van der Waals surface area (Å²) in [6, 6.07) is 8.77. The zero-order valence-corrected chi connectivity index (χ0v) is 13.0. The molecule has 4 nitrogen and oxygen atoms in total. The summed E-state index contributed by atoms with van der Waals surface area (Å²) >= 11 is 0. The molecule has 114 valence electrons. The first kappa shape index (κ1) is 15.4. The molecule has 1 aliphatic heterocycles. The molecule has 0 radical (unpaired) electrons. The number of nitrogens with zero attached hydrogens (tertiary/aromatic N) is 2. The maximum absolute atomic E-state index is 11.9. The van der Waals surface area contributed by atoms with Crippen molar-refractivity contribution in [3.63, 3.8) is 0 Å². The molecule has 0 bridgehead atoms. The van der Waals surface area contributed by atoms with Gasteiger partial charge in [-0.3, -0.25) is 0 Å². The van der Waals surface area contributed by atoms with Crippen LogP contribution >= 0.6 is 0 Å². The molecule has 0 atom stereocenters. The number of amides is 2. The van der Waals surface area contributed by atoms with Gasteiger partial charge in [0, 0.05) is 38.4 Å². The van der Waals surface area contributed by atoms with Gasteiger partial charge in [0.1, 0.15) is 0 Å². The van der Waals surface area contributed by atoms with E-state index in [-0.39, 0.29) is 6.03 Å². The molecule has 1 fully saturated rings. The fourth-order valence-electron chi connectivity index (χ4n) is 2.51. The Morgan fingerprint density at radius 3 is 2.38 bits per heavy atom. The van der Waals surface area contributed by atoms with Crippen LogP contribution in [0.2, 0.25) is 0 Å². The number of carbonyl (C=O) groups excluding carboxylic acids is 1. The monoisotopic (exact) mass is 287 g/mol. The van der Waals surface area contributed by atoms with Gasteiger partial charge in [-0.05, 0) is 23.6 Å². The molecule has 1 aromatic rings. The summed E-state index contributed by atoms with van der Waals surface area (Å²) in [5.41, 5.74) is 2.60. The van der Waals surface area contributed by atoms with Gasteiger partial charge in [-0.1, -0.05) is 32.1 Å². The van der Waals surface area contributed by atoms with Crippen molar-refractivity contribution >= 4 is 11.7 Å². The van der Waals surface area contributed by atoms with Crippen molar-refractivity contribution in [2.75, 3.05) is 37.6 Å². The smallest absolute Gasteiger partial charge is 0.317 e. The van der Waals surface area contributed by atoms with Gasteiger partial charge in [0.15, 0.2) is 0 Å². The average Bonchev–Trinajstić information content (AvgIpc) is 2.53. The van der Waals surface area contributed by atoms with Gasteiger partial charge >= 0.3 is 6.03 Å². The summed E-state index contributed by atoms with van der Waals surface area (Å²) in [6.45, 7) is 11.8. The van der Waals surface area contributed by atoms with Gasteiger partial charge in [0.2, 0.25) is 0 Å². The van der Waals surface area contributed by atoms with Crippen molar-refractivity contribution in [3.05, 3.63) is 42.5 Å². The van der Waals surface area contributed by atoms with E-state index in [4.69, 9.17) is 0 Å². The SMILES string of the molecule is C=CCNC(=O)N1CCN(c2ccc(C(C)C)cc2)CC1. The van der Waals surface area contributed by atoms with Gasteiger partial charge in [-0.2, -0.15) is 0 Å². The summed E-state index contributed by atoms with van der Waals surface area (Å²) in [6.07, 6.45) is 1.70. The number of hydrogen-bond donors (Lipinski definition) is 1. The number of carbonyl (C=O) groups is 1. The Balaban J connectivity index is 1.88. The zero-order chi connectivity index (χ0) is 15.2. The third kappa shape index (κ3) is 4.00. The Kier molecular flexibility index (Phi) is 5.26. The highest BCUT2D eigenvalue weighted by Gasteiger charge is 2.20. The van der Waals surface area contributed by atoms with Crippen LogP contribution in [0.1, 0.15) is 25.3 Å². The molecule has 0 aromatic heterocycles. The minimum Gasteiger partial charge on any atom is -0.368 e. The second-order valence-electron chi connectivity index (χ2n) is 5.70. The van der Waals surface area contributed by atoms with Crippen LogP contribution in [0.25, 0.3) is 0 Å². The third-order valence-corrected chi connectivity index (χ3v) is 3.89. The van der Waals surface area contributed by atoms with Gasteiger partial charge in [0.05, 0.1) is 0 Å². The second-order valence-corrected chi connectivity index (χ2v) is 5.70. The minimum absolute atomic E-state index is 0.00436. The third-order valence-electron chi connectivity index (χ3n) is 3.89. The van der Waals surface area contributed by atoms with Crippen molar-refractivity contribution in [1.82, 2.24) is 10.2 Å². The molecule has 2 amide bonds. The van der Waals surface area contributed by atoms with Crippen LogP contribution in [0.15, 0.2) is 36.9 Å². The van der Waals surface area contributed by atoms with E-state index >= 15 is 0 Å².